The Labute approximate surface area is 334 Å². The maximum atomic E-state index is 6.44. The highest BCUT2D eigenvalue weighted by Gasteiger charge is 2.20. The van der Waals surface area contributed by atoms with Crippen LogP contribution in [0.1, 0.15) is 18.4 Å². The molecular formula is C38H40Cl4N12. The molecule has 12 nitrogen and oxygen atoms in total. The molecule has 6 aromatic rings. The second-order valence-electron chi connectivity index (χ2n) is 12.9. The van der Waals surface area contributed by atoms with Crippen molar-refractivity contribution in [2.24, 2.45) is 0 Å². The molecule has 0 unspecified atom stereocenters. The maximum absolute atomic E-state index is 6.44. The van der Waals surface area contributed by atoms with E-state index in [-0.39, 0.29) is 5.28 Å². The van der Waals surface area contributed by atoms with E-state index in [4.69, 9.17) is 51.4 Å². The van der Waals surface area contributed by atoms with E-state index in [9.17, 15) is 0 Å². The SMILES string of the molecule is Clc1ccc2c(NCCCNc3nc(Cl)cc(N4CCN(CCc5cnc(Cl)nc5NCCCNc5ccnc6cc(Cl)ccc56)CC4)n3)ccnc2c1. The van der Waals surface area contributed by atoms with Crippen LogP contribution in [0.5, 0.6) is 0 Å². The fourth-order valence-electron chi connectivity index (χ4n) is 6.43. The van der Waals surface area contributed by atoms with Gasteiger partial charge < -0.3 is 26.2 Å². The quantitative estimate of drug-likeness (QED) is 0.0428. The van der Waals surface area contributed by atoms with Crippen LogP contribution in [-0.2, 0) is 6.42 Å². The monoisotopic (exact) mass is 804 g/mol. The van der Waals surface area contributed by atoms with Gasteiger partial charge in [-0.3, -0.25) is 14.9 Å². The van der Waals surface area contributed by atoms with Crippen LogP contribution in [0.2, 0.25) is 20.5 Å². The van der Waals surface area contributed by atoms with Crippen molar-refractivity contribution in [2.45, 2.75) is 19.3 Å². The second-order valence-corrected chi connectivity index (χ2v) is 14.5. The van der Waals surface area contributed by atoms with Crippen molar-refractivity contribution in [3.8, 4) is 0 Å². The van der Waals surface area contributed by atoms with Crippen molar-refractivity contribution in [1.82, 2.24) is 34.8 Å². The van der Waals surface area contributed by atoms with Crippen molar-refractivity contribution in [1.29, 1.82) is 0 Å². The van der Waals surface area contributed by atoms with E-state index in [0.717, 1.165) is 122 Å². The summed E-state index contributed by atoms with van der Waals surface area (Å²) in [7, 11) is 0. The molecule has 0 bridgehead atoms. The van der Waals surface area contributed by atoms with Crippen LogP contribution >= 0.6 is 46.4 Å². The number of hydrogen-bond acceptors (Lipinski definition) is 12. The zero-order valence-electron chi connectivity index (χ0n) is 29.5. The molecule has 1 aliphatic rings. The van der Waals surface area contributed by atoms with Gasteiger partial charge in [0.2, 0.25) is 11.2 Å². The van der Waals surface area contributed by atoms with Gasteiger partial charge >= 0.3 is 0 Å². The number of nitrogens with zero attached hydrogens (tertiary/aromatic N) is 8. The van der Waals surface area contributed by atoms with Crippen LogP contribution in [0.4, 0.5) is 29.0 Å². The Morgan fingerprint density at radius 2 is 1.22 bits per heavy atom. The van der Waals surface area contributed by atoms with Gasteiger partial charge in [0.15, 0.2) is 0 Å². The van der Waals surface area contributed by atoms with Gasteiger partial charge in [-0.05, 0) is 79.4 Å². The van der Waals surface area contributed by atoms with Gasteiger partial charge in [-0.25, -0.2) is 15.0 Å². The van der Waals surface area contributed by atoms with Crippen molar-refractivity contribution < 1.29 is 0 Å². The number of aromatic nitrogens is 6. The standard InChI is InChI=1S/C38H40Cl4N12/c39-26-3-5-28-30(7-14-45-32(28)21-26)43-10-1-12-47-36-25(24-49-37(42)52-36)9-16-53-17-19-54(20-18-53)35-23-34(41)50-38(51-35)48-13-2-11-44-31-8-15-46-33-22-27(40)4-6-29(31)33/h3-8,14-15,21-24H,1-2,9-13,16-20H2,(H,43,45)(H,44,46)(H,47,49,52)(H,48,50,51). The number of fused-ring (bicyclic) bond motifs is 2. The number of hydrogen-bond donors (Lipinski definition) is 4. The Morgan fingerprint density at radius 3 is 1.87 bits per heavy atom. The summed E-state index contributed by atoms with van der Waals surface area (Å²) in [4.78, 5) is 31.5. The molecule has 0 radical (unpaired) electrons. The van der Waals surface area contributed by atoms with Crippen LogP contribution in [0, 0.1) is 0 Å². The molecule has 1 saturated heterocycles. The number of benzene rings is 2. The Morgan fingerprint density at radius 1 is 0.611 bits per heavy atom. The third-order valence-corrected chi connectivity index (χ3v) is 10.1. The van der Waals surface area contributed by atoms with Gasteiger partial charge in [-0.1, -0.05) is 34.8 Å². The average Bonchev–Trinajstić information content (AvgIpc) is 3.17. The summed E-state index contributed by atoms with van der Waals surface area (Å²) in [6, 6.07) is 17.3. The zero-order chi connectivity index (χ0) is 37.3. The highest BCUT2D eigenvalue weighted by Crippen LogP contribution is 2.26. The predicted octanol–water partition coefficient (Wildman–Crippen LogP) is 8.17. The number of nitrogens with one attached hydrogen (secondary N) is 4. The first kappa shape index (κ1) is 37.8. The lowest BCUT2D eigenvalue weighted by atomic mass is 10.2. The molecule has 0 saturated carbocycles. The van der Waals surface area contributed by atoms with E-state index in [1.54, 1.807) is 12.4 Å². The number of pyridine rings is 2. The maximum Gasteiger partial charge on any atom is 0.226 e. The molecule has 0 aliphatic carbocycles. The molecule has 7 rings (SSSR count). The molecule has 0 atom stereocenters. The highest BCUT2D eigenvalue weighted by molar-refractivity contribution is 6.31. The van der Waals surface area contributed by atoms with Crippen LogP contribution in [-0.4, -0.2) is 93.7 Å². The Bertz CT molecular complexity index is 2200. The van der Waals surface area contributed by atoms with Crippen molar-refractivity contribution in [3.05, 3.63) is 99.2 Å². The van der Waals surface area contributed by atoms with Gasteiger partial charge in [0.1, 0.15) is 16.8 Å². The lowest BCUT2D eigenvalue weighted by Gasteiger charge is -2.35. The minimum Gasteiger partial charge on any atom is -0.384 e. The van der Waals surface area contributed by atoms with Crippen molar-refractivity contribution >= 4 is 97.2 Å². The van der Waals surface area contributed by atoms with E-state index >= 15 is 0 Å². The smallest absolute Gasteiger partial charge is 0.226 e. The molecule has 1 aliphatic heterocycles. The van der Waals surface area contributed by atoms with Crippen LogP contribution in [0.25, 0.3) is 21.8 Å². The molecule has 1 fully saturated rings. The third-order valence-electron chi connectivity index (χ3n) is 9.23. The van der Waals surface area contributed by atoms with Crippen molar-refractivity contribution in [3.63, 3.8) is 0 Å². The number of halogens is 4. The minimum absolute atomic E-state index is 0.230. The summed E-state index contributed by atoms with van der Waals surface area (Å²) in [5.74, 6) is 2.13. The number of piperazine rings is 1. The van der Waals surface area contributed by atoms with Crippen LogP contribution in [0.3, 0.4) is 0 Å². The van der Waals surface area contributed by atoms with E-state index in [1.807, 2.05) is 60.8 Å². The summed E-state index contributed by atoms with van der Waals surface area (Å²) in [6.07, 6.45) is 7.94. The average molecular weight is 807 g/mol. The number of rotatable bonds is 16. The zero-order valence-corrected chi connectivity index (χ0v) is 32.5. The topological polar surface area (TPSA) is 132 Å². The largest absolute Gasteiger partial charge is 0.384 e. The number of anilines is 5. The molecule has 54 heavy (non-hydrogen) atoms. The molecule has 4 aromatic heterocycles. The summed E-state index contributed by atoms with van der Waals surface area (Å²) in [6.45, 7) is 7.29. The fourth-order valence-corrected chi connectivity index (χ4v) is 7.07. The summed E-state index contributed by atoms with van der Waals surface area (Å²) in [5.41, 5.74) is 4.83. The lowest BCUT2D eigenvalue weighted by molar-refractivity contribution is 0.260. The van der Waals surface area contributed by atoms with E-state index in [2.05, 4.69) is 56.0 Å². The third kappa shape index (κ3) is 9.99. The van der Waals surface area contributed by atoms with Crippen molar-refractivity contribution in [2.75, 3.05) is 85.1 Å². The summed E-state index contributed by atoms with van der Waals surface area (Å²) < 4.78 is 0. The molecule has 2 aromatic carbocycles. The lowest BCUT2D eigenvalue weighted by Crippen LogP contribution is -2.47. The molecule has 280 valence electrons. The summed E-state index contributed by atoms with van der Waals surface area (Å²) >= 11 is 24.9. The highest BCUT2D eigenvalue weighted by atomic mass is 35.5. The summed E-state index contributed by atoms with van der Waals surface area (Å²) in [5, 5.41) is 17.9. The first-order valence-corrected chi connectivity index (χ1v) is 19.5. The van der Waals surface area contributed by atoms with Crippen LogP contribution < -0.4 is 26.2 Å². The molecule has 0 spiro atoms. The normalized spacial score (nSPS) is 13.4. The van der Waals surface area contributed by atoms with Gasteiger partial charge in [0, 0.05) is 121 Å². The first-order chi connectivity index (χ1) is 26.4. The van der Waals surface area contributed by atoms with Gasteiger partial charge in [-0.2, -0.15) is 4.98 Å². The van der Waals surface area contributed by atoms with Crippen LogP contribution in [0.15, 0.2) is 73.2 Å². The van der Waals surface area contributed by atoms with E-state index < -0.39 is 0 Å². The Hall–Kier alpha value is -4.46. The Kier molecular flexibility index (Phi) is 12.8. The second kappa shape index (κ2) is 18.2. The molecule has 4 N–H and O–H groups in total. The molecule has 16 heteroatoms. The fraction of sp³-hybridized carbons (Fsp3) is 0.316. The van der Waals surface area contributed by atoms with E-state index in [1.165, 1.54) is 0 Å². The van der Waals surface area contributed by atoms with E-state index in [0.29, 0.717) is 27.7 Å². The predicted molar refractivity (Wildman–Crippen MR) is 223 cm³/mol. The molecule has 5 heterocycles. The van der Waals surface area contributed by atoms with Gasteiger partial charge in [-0.15, -0.1) is 0 Å². The first-order valence-electron chi connectivity index (χ1n) is 18.0. The minimum atomic E-state index is 0.230. The van der Waals surface area contributed by atoms with Gasteiger partial charge in [0.05, 0.1) is 11.0 Å². The Balaban J connectivity index is 0.838. The molecular weight excluding hydrogens is 766 g/mol. The molecule has 0 amide bonds. The van der Waals surface area contributed by atoms with Gasteiger partial charge in [0.25, 0.3) is 0 Å².